The molecule has 0 aliphatic heterocycles. The molecule has 0 saturated heterocycles. The Balaban J connectivity index is 2.46. The number of nitrogens with two attached hydrogens (primary N) is 1. The highest BCUT2D eigenvalue weighted by Crippen LogP contribution is 2.15. The van der Waals surface area contributed by atoms with E-state index in [1.165, 1.54) is 5.56 Å². The van der Waals surface area contributed by atoms with Crippen LogP contribution in [0.15, 0.2) is 24.3 Å². The van der Waals surface area contributed by atoms with Gasteiger partial charge in [-0.1, -0.05) is 31.5 Å². The minimum Gasteiger partial charge on any atom is -0.324 e. The second kappa shape index (κ2) is 4.67. The molecule has 2 aromatic rings. The van der Waals surface area contributed by atoms with E-state index in [-0.39, 0.29) is 0 Å². The average molecular weight is 230 g/mol. The molecule has 17 heavy (non-hydrogen) atoms. The summed E-state index contributed by atoms with van der Waals surface area (Å²) in [5, 5.41) is 4.51. The van der Waals surface area contributed by atoms with Crippen LogP contribution in [0.4, 0.5) is 0 Å². The van der Waals surface area contributed by atoms with Crippen LogP contribution >= 0.6 is 0 Å². The molecule has 1 aromatic heterocycles. The summed E-state index contributed by atoms with van der Waals surface area (Å²) in [6.45, 7) is 6.62. The molecule has 0 bridgehead atoms. The maximum atomic E-state index is 5.71. The van der Waals surface area contributed by atoms with Crippen molar-refractivity contribution in [3.63, 3.8) is 0 Å². The molecule has 2 rings (SSSR count). The number of rotatable bonds is 3. The quantitative estimate of drug-likeness (QED) is 0.879. The van der Waals surface area contributed by atoms with Gasteiger partial charge in [-0.05, 0) is 19.1 Å². The van der Waals surface area contributed by atoms with E-state index >= 15 is 0 Å². The van der Waals surface area contributed by atoms with Gasteiger partial charge in [-0.2, -0.15) is 5.10 Å². The fourth-order valence-electron chi connectivity index (χ4n) is 1.63. The van der Waals surface area contributed by atoms with Gasteiger partial charge in [-0.25, -0.2) is 9.67 Å². The van der Waals surface area contributed by atoms with Crippen molar-refractivity contribution < 1.29 is 0 Å². The second-order valence-electron chi connectivity index (χ2n) is 4.49. The van der Waals surface area contributed by atoms with Gasteiger partial charge in [0, 0.05) is 5.92 Å². The molecule has 1 heterocycles. The Bertz CT molecular complexity index is 497. The summed E-state index contributed by atoms with van der Waals surface area (Å²) in [6.07, 6.45) is 0. The van der Waals surface area contributed by atoms with Crippen molar-refractivity contribution in [2.75, 3.05) is 0 Å². The summed E-state index contributed by atoms with van der Waals surface area (Å²) < 4.78 is 1.83. The average Bonchev–Trinajstić information content (AvgIpc) is 2.74. The van der Waals surface area contributed by atoms with Gasteiger partial charge in [-0.3, -0.25) is 0 Å². The van der Waals surface area contributed by atoms with Gasteiger partial charge in [0.25, 0.3) is 0 Å². The number of aromatic nitrogens is 3. The van der Waals surface area contributed by atoms with Crippen molar-refractivity contribution in [3.05, 3.63) is 41.5 Å². The van der Waals surface area contributed by atoms with Crippen LogP contribution in [-0.4, -0.2) is 14.8 Å². The molecule has 0 saturated carbocycles. The molecule has 0 aliphatic carbocycles. The largest absolute Gasteiger partial charge is 0.324 e. The Morgan fingerprint density at radius 3 is 2.41 bits per heavy atom. The third-order valence-electron chi connectivity index (χ3n) is 2.67. The Morgan fingerprint density at radius 1 is 1.24 bits per heavy atom. The van der Waals surface area contributed by atoms with Gasteiger partial charge >= 0.3 is 0 Å². The lowest BCUT2D eigenvalue weighted by Gasteiger charge is -2.04. The Morgan fingerprint density at radius 2 is 1.88 bits per heavy atom. The summed E-state index contributed by atoms with van der Waals surface area (Å²) in [7, 11) is 0. The summed E-state index contributed by atoms with van der Waals surface area (Å²) in [5.74, 6) is 1.95. The van der Waals surface area contributed by atoms with E-state index in [9.17, 15) is 0 Å². The van der Waals surface area contributed by atoms with Crippen LogP contribution in [0.3, 0.4) is 0 Å². The first-order valence-electron chi connectivity index (χ1n) is 5.84. The third-order valence-corrected chi connectivity index (χ3v) is 2.67. The molecule has 0 spiro atoms. The zero-order valence-electron chi connectivity index (χ0n) is 10.5. The van der Waals surface area contributed by atoms with Gasteiger partial charge in [0.05, 0.1) is 12.2 Å². The predicted molar refractivity (Wildman–Crippen MR) is 68.1 cm³/mol. The topological polar surface area (TPSA) is 56.7 Å². The minimum absolute atomic E-state index is 0.312. The van der Waals surface area contributed by atoms with Crippen molar-refractivity contribution in [2.24, 2.45) is 5.73 Å². The lowest BCUT2D eigenvalue weighted by molar-refractivity contribution is 0.745. The van der Waals surface area contributed by atoms with Gasteiger partial charge < -0.3 is 5.73 Å². The minimum atomic E-state index is 0.312. The zero-order chi connectivity index (χ0) is 12.4. The monoisotopic (exact) mass is 230 g/mol. The van der Waals surface area contributed by atoms with Crippen LogP contribution < -0.4 is 5.73 Å². The van der Waals surface area contributed by atoms with Crippen LogP contribution in [0.25, 0.3) is 5.69 Å². The molecular weight excluding hydrogens is 212 g/mol. The first kappa shape index (κ1) is 11.8. The standard InChI is InChI=1S/C13H18N4/c1-9(2)13-15-12(8-14)17(16-13)11-6-4-10(3)5-7-11/h4-7,9H,8,14H2,1-3H3. The number of nitrogens with zero attached hydrogens (tertiary/aromatic N) is 3. The number of aryl methyl sites for hydroxylation is 1. The maximum Gasteiger partial charge on any atom is 0.153 e. The summed E-state index contributed by atoms with van der Waals surface area (Å²) >= 11 is 0. The van der Waals surface area contributed by atoms with E-state index in [0.29, 0.717) is 12.5 Å². The molecule has 1 aromatic carbocycles. The summed E-state index contributed by atoms with van der Waals surface area (Å²) in [4.78, 5) is 4.45. The molecule has 0 aliphatic rings. The molecule has 90 valence electrons. The molecule has 4 nitrogen and oxygen atoms in total. The van der Waals surface area contributed by atoms with E-state index in [4.69, 9.17) is 5.73 Å². The lowest BCUT2D eigenvalue weighted by Crippen LogP contribution is -2.07. The third kappa shape index (κ3) is 2.36. The molecular formula is C13H18N4. The lowest BCUT2D eigenvalue weighted by atomic mass is 10.2. The normalized spacial score (nSPS) is 11.1. The summed E-state index contributed by atoms with van der Waals surface area (Å²) in [6, 6.07) is 8.19. The molecule has 4 heteroatoms. The van der Waals surface area contributed by atoms with Crippen LogP contribution in [0.1, 0.15) is 37.0 Å². The Hall–Kier alpha value is -1.68. The highest BCUT2D eigenvalue weighted by Gasteiger charge is 2.12. The summed E-state index contributed by atoms with van der Waals surface area (Å²) in [5.41, 5.74) is 7.95. The van der Waals surface area contributed by atoms with E-state index < -0.39 is 0 Å². The Labute approximate surface area is 101 Å². The SMILES string of the molecule is Cc1ccc(-n2nc(C(C)C)nc2CN)cc1. The van der Waals surface area contributed by atoms with Gasteiger partial charge in [0.1, 0.15) is 5.82 Å². The molecule has 0 fully saturated rings. The number of hydrogen-bond acceptors (Lipinski definition) is 3. The molecule has 2 N–H and O–H groups in total. The van der Waals surface area contributed by atoms with Crippen molar-refractivity contribution in [3.8, 4) is 5.69 Å². The second-order valence-corrected chi connectivity index (χ2v) is 4.49. The number of hydrogen-bond donors (Lipinski definition) is 1. The fourth-order valence-corrected chi connectivity index (χ4v) is 1.63. The molecule has 0 atom stereocenters. The highest BCUT2D eigenvalue weighted by atomic mass is 15.4. The first-order valence-corrected chi connectivity index (χ1v) is 5.84. The van der Waals surface area contributed by atoms with Crippen molar-refractivity contribution in [2.45, 2.75) is 33.2 Å². The van der Waals surface area contributed by atoms with Gasteiger partial charge in [-0.15, -0.1) is 0 Å². The zero-order valence-corrected chi connectivity index (χ0v) is 10.5. The molecule has 0 radical (unpaired) electrons. The van der Waals surface area contributed by atoms with E-state index in [0.717, 1.165) is 17.3 Å². The first-order chi connectivity index (χ1) is 8.11. The van der Waals surface area contributed by atoms with Crippen molar-refractivity contribution in [1.82, 2.24) is 14.8 Å². The van der Waals surface area contributed by atoms with Crippen LogP contribution in [0.2, 0.25) is 0 Å². The highest BCUT2D eigenvalue weighted by molar-refractivity contribution is 5.34. The number of benzene rings is 1. The van der Waals surface area contributed by atoms with Crippen molar-refractivity contribution >= 4 is 0 Å². The smallest absolute Gasteiger partial charge is 0.153 e. The van der Waals surface area contributed by atoms with Crippen LogP contribution in [-0.2, 0) is 6.54 Å². The van der Waals surface area contributed by atoms with Crippen molar-refractivity contribution in [1.29, 1.82) is 0 Å². The van der Waals surface area contributed by atoms with E-state index in [1.807, 2.05) is 16.8 Å². The van der Waals surface area contributed by atoms with E-state index in [2.05, 4.69) is 43.0 Å². The van der Waals surface area contributed by atoms with Gasteiger partial charge in [0.2, 0.25) is 0 Å². The Kier molecular flexibility index (Phi) is 3.24. The van der Waals surface area contributed by atoms with Crippen LogP contribution in [0, 0.1) is 6.92 Å². The maximum absolute atomic E-state index is 5.71. The molecule has 0 unspecified atom stereocenters. The van der Waals surface area contributed by atoms with Crippen LogP contribution in [0.5, 0.6) is 0 Å². The predicted octanol–water partition coefficient (Wildman–Crippen LogP) is 2.16. The molecule has 0 amide bonds. The fraction of sp³-hybridized carbons (Fsp3) is 0.385. The van der Waals surface area contributed by atoms with E-state index in [1.54, 1.807) is 0 Å². The van der Waals surface area contributed by atoms with Gasteiger partial charge in [0.15, 0.2) is 5.82 Å².